The molecule has 0 bridgehead atoms. The summed E-state index contributed by atoms with van der Waals surface area (Å²) in [4.78, 5) is 38.9. The van der Waals surface area contributed by atoms with Gasteiger partial charge in [-0.2, -0.15) is 4.98 Å². The van der Waals surface area contributed by atoms with Crippen LogP contribution in [0.25, 0.3) is 11.2 Å². The first kappa shape index (κ1) is 39.0. The number of ether oxygens (including phenoxy) is 2. The summed E-state index contributed by atoms with van der Waals surface area (Å²) in [6, 6.07) is 0. The molecular weight excluding hydrogens is 721 g/mol. The standard InChI is InChI=1S/C31H52N6O9S2Si2/c1-17(2)27(38)34-30-33-26-23(28(39)35-30)32-16-37(26)29-25(44-31(47)36-11-13-48(40,41)14-12-36)24-22(43-29)15-42-49(18(3)4,19(5)6)46-50(45-24,20(7)8)21(9)10/h16-22,24-25,29H,11-15H2,1-10H3,(H2,33,34,35,38,39)/t22-,24?,25+,29-/m1/s1. The number of rotatable bonds is 8. The molecule has 1 unspecified atom stereocenters. The van der Waals surface area contributed by atoms with Gasteiger partial charge < -0.3 is 27.3 Å². The van der Waals surface area contributed by atoms with E-state index in [2.05, 4.69) is 75.7 Å². The van der Waals surface area contributed by atoms with E-state index in [0.29, 0.717) is 0 Å². The zero-order valence-corrected chi connectivity index (χ0v) is 34.2. The van der Waals surface area contributed by atoms with Crippen LogP contribution in [0.5, 0.6) is 0 Å². The van der Waals surface area contributed by atoms with Crippen LogP contribution in [0.1, 0.15) is 75.5 Å². The van der Waals surface area contributed by atoms with Gasteiger partial charge >= 0.3 is 17.1 Å². The highest BCUT2D eigenvalue weighted by Gasteiger charge is 2.62. The third-order valence-electron chi connectivity index (χ3n) is 9.93. The molecule has 5 heterocycles. The van der Waals surface area contributed by atoms with Crippen LogP contribution in [0.2, 0.25) is 22.2 Å². The number of carbonyl (C=O) groups excluding carboxylic acids is 1. The van der Waals surface area contributed by atoms with Gasteiger partial charge in [-0.3, -0.25) is 24.5 Å². The predicted molar refractivity (Wildman–Crippen MR) is 197 cm³/mol. The molecule has 0 aliphatic carbocycles. The molecule has 2 aromatic rings. The first-order chi connectivity index (χ1) is 23.3. The fraction of sp³-hybridized carbons (Fsp3) is 0.774. The number of nitrogens with one attached hydrogen (secondary N) is 2. The molecular formula is C31H52N6O9S2Si2. The third-order valence-corrected chi connectivity index (χ3v) is 22.1. The Kier molecular flexibility index (Phi) is 11.4. The molecule has 3 aliphatic rings. The number of thiocarbonyl (C=S) groups is 1. The van der Waals surface area contributed by atoms with Crippen LogP contribution >= 0.6 is 12.2 Å². The smallest absolute Gasteiger partial charge is 0.335 e. The normalized spacial score (nSPS) is 26.4. The molecule has 0 radical (unpaired) electrons. The molecule has 2 N–H and O–H groups in total. The van der Waals surface area contributed by atoms with Crippen molar-refractivity contribution in [3.8, 4) is 0 Å². The maximum Gasteiger partial charge on any atom is 0.335 e. The number of hydrogen-bond acceptors (Lipinski definition) is 12. The van der Waals surface area contributed by atoms with Crippen molar-refractivity contribution in [3.63, 3.8) is 0 Å². The van der Waals surface area contributed by atoms with Gasteiger partial charge in [0.05, 0.1) is 24.4 Å². The molecule has 3 saturated heterocycles. The topological polar surface area (TPSA) is 176 Å². The summed E-state index contributed by atoms with van der Waals surface area (Å²) < 4.78 is 61.2. The molecule has 19 heteroatoms. The summed E-state index contributed by atoms with van der Waals surface area (Å²) in [5, 5.41) is 2.77. The molecule has 280 valence electrons. The van der Waals surface area contributed by atoms with Crippen LogP contribution in [-0.2, 0) is 37.1 Å². The number of carbonyl (C=O) groups is 1. The zero-order valence-electron chi connectivity index (χ0n) is 30.6. The highest BCUT2D eigenvalue weighted by atomic mass is 32.2. The van der Waals surface area contributed by atoms with E-state index in [1.54, 1.807) is 23.3 Å². The second kappa shape index (κ2) is 14.6. The Balaban J connectivity index is 1.63. The van der Waals surface area contributed by atoms with E-state index in [1.165, 1.54) is 6.33 Å². The third kappa shape index (κ3) is 7.33. The number of amides is 1. The van der Waals surface area contributed by atoms with E-state index in [-0.39, 0.29) is 87.5 Å². The molecule has 0 aromatic carbocycles. The van der Waals surface area contributed by atoms with E-state index < -0.39 is 57.1 Å². The Morgan fingerprint density at radius 1 is 1.02 bits per heavy atom. The van der Waals surface area contributed by atoms with Gasteiger partial charge in [0, 0.05) is 19.0 Å². The average Bonchev–Trinajstić information content (AvgIpc) is 3.57. The Hall–Kier alpha value is -2.27. The largest absolute Gasteiger partial charge is 0.460 e. The zero-order chi connectivity index (χ0) is 36.9. The first-order valence-corrected chi connectivity index (χ1v) is 23.6. The Bertz CT molecular complexity index is 1720. The van der Waals surface area contributed by atoms with Gasteiger partial charge in [-0.15, -0.1) is 0 Å². The molecule has 50 heavy (non-hydrogen) atoms. The minimum absolute atomic E-state index is 0.0228. The van der Waals surface area contributed by atoms with Crippen molar-refractivity contribution in [2.75, 3.05) is 36.5 Å². The van der Waals surface area contributed by atoms with Crippen molar-refractivity contribution in [2.45, 2.75) is 116 Å². The maximum atomic E-state index is 13.2. The lowest BCUT2D eigenvalue weighted by atomic mass is 10.1. The van der Waals surface area contributed by atoms with Gasteiger partial charge in [0.25, 0.3) is 10.7 Å². The number of anilines is 1. The van der Waals surface area contributed by atoms with Crippen LogP contribution in [0.3, 0.4) is 0 Å². The van der Waals surface area contributed by atoms with E-state index in [9.17, 15) is 18.0 Å². The average molecular weight is 773 g/mol. The van der Waals surface area contributed by atoms with Crippen molar-refractivity contribution in [3.05, 3.63) is 16.7 Å². The minimum Gasteiger partial charge on any atom is -0.460 e. The summed E-state index contributed by atoms with van der Waals surface area (Å²) in [6.07, 6.45) is -1.76. The number of aromatic amines is 1. The van der Waals surface area contributed by atoms with E-state index in [1.807, 2.05) is 0 Å². The molecule has 0 spiro atoms. The monoisotopic (exact) mass is 772 g/mol. The highest BCUT2D eigenvalue weighted by molar-refractivity contribution is 7.91. The van der Waals surface area contributed by atoms with Crippen LogP contribution < -0.4 is 10.9 Å². The van der Waals surface area contributed by atoms with Crippen LogP contribution in [0, 0.1) is 5.92 Å². The minimum atomic E-state index is -3.17. The van der Waals surface area contributed by atoms with Gasteiger partial charge in [-0.05, 0) is 34.4 Å². The quantitative estimate of drug-likeness (QED) is 0.292. The van der Waals surface area contributed by atoms with Gasteiger partial charge in [0.15, 0.2) is 33.3 Å². The van der Waals surface area contributed by atoms with E-state index >= 15 is 0 Å². The summed E-state index contributed by atoms with van der Waals surface area (Å²) in [5.41, 5.74) is -0.0496. The van der Waals surface area contributed by atoms with Crippen molar-refractivity contribution >= 4 is 67.4 Å². The first-order valence-electron chi connectivity index (χ1n) is 17.4. The fourth-order valence-electron chi connectivity index (χ4n) is 6.99. The van der Waals surface area contributed by atoms with Crippen LogP contribution in [-0.4, -0.2) is 111 Å². The summed E-state index contributed by atoms with van der Waals surface area (Å²) in [7, 11) is -9.21. The molecule has 0 saturated carbocycles. The number of aromatic nitrogens is 4. The molecule has 15 nitrogen and oxygen atoms in total. The molecule has 3 fully saturated rings. The molecule has 1 amide bonds. The lowest BCUT2D eigenvalue weighted by Crippen LogP contribution is -2.66. The van der Waals surface area contributed by atoms with Crippen molar-refractivity contribution in [1.29, 1.82) is 0 Å². The molecule has 3 aliphatic heterocycles. The molecule has 5 rings (SSSR count). The molecule has 4 atom stereocenters. The SMILES string of the molecule is CC(C)C(=O)Nc1nc2c(ncn2[C@@H]2O[C@@H]3CO[Si](C(C)C)(C(C)C)O[Si](C(C)C)(C(C)C)OC3[C@@H]2OC(=S)N2CCS(=O)(=O)CC2)c(=O)[nH]1. The number of nitrogens with zero attached hydrogens (tertiary/aromatic N) is 4. The number of fused-ring (bicyclic) bond motifs is 2. The Labute approximate surface area is 301 Å². The lowest BCUT2D eigenvalue weighted by molar-refractivity contribution is -0.118. The number of imidazole rings is 1. The lowest BCUT2D eigenvalue weighted by Gasteiger charge is -2.51. The van der Waals surface area contributed by atoms with E-state index in [4.69, 9.17) is 34.7 Å². The van der Waals surface area contributed by atoms with Gasteiger partial charge in [-0.1, -0.05) is 69.2 Å². The van der Waals surface area contributed by atoms with Gasteiger partial charge in [-0.25, -0.2) is 13.4 Å². The highest BCUT2D eigenvalue weighted by Crippen LogP contribution is 2.49. The second-order valence-corrected chi connectivity index (χ2v) is 26.5. The van der Waals surface area contributed by atoms with Crippen LogP contribution in [0.4, 0.5) is 5.95 Å². The predicted octanol–water partition coefficient (Wildman–Crippen LogP) is 3.97. The van der Waals surface area contributed by atoms with Crippen molar-refractivity contribution < 1.29 is 35.7 Å². The summed E-state index contributed by atoms with van der Waals surface area (Å²) >= 11 is 5.81. The van der Waals surface area contributed by atoms with Gasteiger partial charge in [0.1, 0.15) is 12.2 Å². The fourth-order valence-corrected chi connectivity index (χ4v) is 19.7. The number of H-pyrrole nitrogens is 1. The summed E-state index contributed by atoms with van der Waals surface area (Å²) in [5.74, 6) is -0.775. The van der Waals surface area contributed by atoms with Crippen molar-refractivity contribution in [1.82, 2.24) is 24.4 Å². The summed E-state index contributed by atoms with van der Waals surface area (Å²) in [6.45, 7) is 21.1. The molecule has 2 aromatic heterocycles. The van der Waals surface area contributed by atoms with Crippen LogP contribution in [0.15, 0.2) is 11.1 Å². The van der Waals surface area contributed by atoms with Crippen molar-refractivity contribution in [2.24, 2.45) is 5.92 Å². The maximum absolute atomic E-state index is 13.2. The second-order valence-electron chi connectivity index (χ2n) is 15.0. The Morgan fingerprint density at radius 2 is 1.62 bits per heavy atom. The number of hydrogen-bond donors (Lipinski definition) is 2. The number of sulfone groups is 1. The van der Waals surface area contributed by atoms with E-state index in [0.717, 1.165) is 0 Å². The van der Waals surface area contributed by atoms with Gasteiger partial charge in [0.2, 0.25) is 11.9 Å². The Morgan fingerprint density at radius 3 is 2.18 bits per heavy atom.